The molecule has 1 aliphatic heterocycles. The van der Waals surface area contributed by atoms with E-state index in [1.165, 1.54) is 0 Å². The molecule has 4 heteroatoms. The average Bonchev–Trinajstić information content (AvgIpc) is 2.85. The highest BCUT2D eigenvalue weighted by atomic mass is 16.5. The minimum atomic E-state index is -0.319. The molecule has 102 valence electrons. The zero-order chi connectivity index (χ0) is 14.0. The molecular weight excluding hydrogens is 242 g/mol. The van der Waals surface area contributed by atoms with Gasteiger partial charge < -0.3 is 14.5 Å². The molecule has 0 bridgehead atoms. The van der Waals surface area contributed by atoms with Crippen molar-refractivity contribution in [1.29, 1.82) is 0 Å². The maximum absolute atomic E-state index is 11.5. The van der Waals surface area contributed by atoms with Crippen molar-refractivity contribution in [3.8, 4) is 0 Å². The van der Waals surface area contributed by atoms with Crippen LogP contribution in [0.4, 0.5) is 0 Å². The molecule has 1 aromatic rings. The molecule has 4 nitrogen and oxygen atoms in total. The van der Waals surface area contributed by atoms with E-state index >= 15 is 0 Å². The highest BCUT2D eigenvalue weighted by Crippen LogP contribution is 2.42. The van der Waals surface area contributed by atoms with Crippen LogP contribution in [0, 0.1) is 5.41 Å². The Labute approximate surface area is 113 Å². The molecule has 0 spiro atoms. The number of H-pyrrole nitrogens is 1. The SMILES string of the molecule is C=C1O/C(=C\c2cc(C(=O)OCC)c[nH]2)CC1(C)C. The van der Waals surface area contributed by atoms with Gasteiger partial charge in [-0.25, -0.2) is 4.79 Å². The quantitative estimate of drug-likeness (QED) is 0.847. The second-order valence-corrected chi connectivity index (χ2v) is 5.26. The van der Waals surface area contributed by atoms with E-state index in [9.17, 15) is 4.79 Å². The zero-order valence-corrected chi connectivity index (χ0v) is 11.6. The monoisotopic (exact) mass is 261 g/mol. The zero-order valence-electron chi connectivity index (χ0n) is 11.6. The van der Waals surface area contributed by atoms with Crippen LogP contribution < -0.4 is 0 Å². The van der Waals surface area contributed by atoms with Crippen LogP contribution in [0.5, 0.6) is 0 Å². The van der Waals surface area contributed by atoms with Gasteiger partial charge in [0.15, 0.2) is 0 Å². The number of aromatic nitrogens is 1. The highest BCUT2D eigenvalue weighted by Gasteiger charge is 2.33. The predicted octanol–water partition coefficient (Wildman–Crippen LogP) is 3.49. The molecular formula is C15H19NO3. The molecule has 1 fully saturated rings. The minimum Gasteiger partial charge on any atom is -0.466 e. The van der Waals surface area contributed by atoms with Gasteiger partial charge in [-0.3, -0.25) is 0 Å². The van der Waals surface area contributed by atoms with E-state index in [4.69, 9.17) is 9.47 Å². The fourth-order valence-electron chi connectivity index (χ4n) is 1.95. The van der Waals surface area contributed by atoms with Gasteiger partial charge in [0.2, 0.25) is 0 Å². The van der Waals surface area contributed by atoms with Gasteiger partial charge in [0.25, 0.3) is 0 Å². The molecule has 19 heavy (non-hydrogen) atoms. The summed E-state index contributed by atoms with van der Waals surface area (Å²) in [6.45, 7) is 10.3. The van der Waals surface area contributed by atoms with Crippen LogP contribution in [0.2, 0.25) is 0 Å². The van der Waals surface area contributed by atoms with Crippen LogP contribution in [0.1, 0.15) is 43.2 Å². The molecule has 0 saturated carbocycles. The van der Waals surface area contributed by atoms with Crippen molar-refractivity contribution >= 4 is 12.0 Å². The van der Waals surface area contributed by atoms with Crippen LogP contribution in [0.15, 0.2) is 30.4 Å². The third-order valence-electron chi connectivity index (χ3n) is 3.16. The Balaban J connectivity index is 2.13. The van der Waals surface area contributed by atoms with Gasteiger partial charge in [-0.1, -0.05) is 20.4 Å². The molecule has 1 saturated heterocycles. The average molecular weight is 261 g/mol. The first-order valence-corrected chi connectivity index (χ1v) is 6.35. The summed E-state index contributed by atoms with van der Waals surface area (Å²) in [6, 6.07) is 1.75. The Morgan fingerprint density at radius 2 is 2.37 bits per heavy atom. The summed E-state index contributed by atoms with van der Waals surface area (Å²) in [5.74, 6) is 1.31. The van der Waals surface area contributed by atoms with E-state index in [0.29, 0.717) is 12.2 Å². The number of ether oxygens (including phenoxy) is 2. The number of nitrogens with one attached hydrogen (secondary N) is 1. The summed E-state index contributed by atoms with van der Waals surface area (Å²) < 4.78 is 10.6. The maximum Gasteiger partial charge on any atom is 0.339 e. The second-order valence-electron chi connectivity index (χ2n) is 5.26. The van der Waals surface area contributed by atoms with Crippen LogP contribution >= 0.6 is 0 Å². The van der Waals surface area contributed by atoms with Crippen molar-refractivity contribution in [3.63, 3.8) is 0 Å². The van der Waals surface area contributed by atoms with Gasteiger partial charge in [-0.15, -0.1) is 0 Å². The molecule has 1 aromatic heterocycles. The number of aromatic amines is 1. The van der Waals surface area contributed by atoms with Crippen LogP contribution in [0.3, 0.4) is 0 Å². The van der Waals surface area contributed by atoms with E-state index in [1.807, 2.05) is 6.08 Å². The van der Waals surface area contributed by atoms with Crippen LogP contribution in [-0.2, 0) is 9.47 Å². The first kappa shape index (κ1) is 13.5. The largest absolute Gasteiger partial charge is 0.466 e. The third-order valence-corrected chi connectivity index (χ3v) is 3.16. The number of hydrogen-bond donors (Lipinski definition) is 1. The summed E-state index contributed by atoms with van der Waals surface area (Å²) in [4.78, 5) is 14.6. The normalized spacial score (nSPS) is 19.5. The molecule has 0 aromatic carbocycles. The lowest BCUT2D eigenvalue weighted by Gasteiger charge is -2.12. The van der Waals surface area contributed by atoms with E-state index in [-0.39, 0.29) is 11.4 Å². The summed E-state index contributed by atoms with van der Waals surface area (Å²) >= 11 is 0. The standard InChI is InChI=1S/C15H19NO3/c1-5-18-14(17)11-6-12(16-9-11)7-13-8-15(3,4)10(2)19-13/h6-7,9,16H,2,5,8H2,1,3-4H3/b13-7-. The molecule has 0 unspecified atom stereocenters. The van der Waals surface area contributed by atoms with Crippen molar-refractivity contribution in [2.24, 2.45) is 5.41 Å². The van der Waals surface area contributed by atoms with Gasteiger partial charge in [-0.2, -0.15) is 0 Å². The molecule has 0 atom stereocenters. The van der Waals surface area contributed by atoms with Gasteiger partial charge >= 0.3 is 5.97 Å². The number of carbonyl (C=O) groups is 1. The first-order valence-electron chi connectivity index (χ1n) is 6.35. The van der Waals surface area contributed by atoms with Gasteiger partial charge in [-0.05, 0) is 19.1 Å². The fraction of sp³-hybridized carbons (Fsp3) is 0.400. The van der Waals surface area contributed by atoms with Gasteiger partial charge in [0.05, 0.1) is 12.2 Å². The highest BCUT2D eigenvalue weighted by molar-refractivity contribution is 5.89. The minimum absolute atomic E-state index is 0.0393. The summed E-state index contributed by atoms with van der Waals surface area (Å²) in [5, 5.41) is 0. The molecule has 0 amide bonds. The maximum atomic E-state index is 11.5. The Morgan fingerprint density at radius 3 is 2.95 bits per heavy atom. The van der Waals surface area contributed by atoms with Gasteiger partial charge in [0, 0.05) is 23.7 Å². The molecule has 1 aliphatic rings. The number of carbonyl (C=O) groups excluding carboxylic acids is 1. The number of esters is 1. The Hall–Kier alpha value is -1.97. The summed E-state index contributed by atoms with van der Waals surface area (Å²) in [6.07, 6.45) is 4.33. The number of rotatable bonds is 3. The van der Waals surface area contributed by atoms with Crippen molar-refractivity contribution in [2.45, 2.75) is 27.2 Å². The molecule has 2 heterocycles. The lowest BCUT2D eigenvalue weighted by molar-refractivity contribution is 0.0526. The molecule has 0 radical (unpaired) electrons. The van der Waals surface area contributed by atoms with Crippen molar-refractivity contribution in [3.05, 3.63) is 41.6 Å². The molecule has 0 aliphatic carbocycles. The molecule has 2 rings (SSSR count). The third kappa shape index (κ3) is 2.89. The topological polar surface area (TPSA) is 51.3 Å². The van der Waals surface area contributed by atoms with Crippen LogP contribution in [-0.4, -0.2) is 17.6 Å². The van der Waals surface area contributed by atoms with Crippen molar-refractivity contribution in [2.75, 3.05) is 6.61 Å². The Kier molecular flexibility index (Phi) is 3.51. The van der Waals surface area contributed by atoms with E-state index in [2.05, 4.69) is 25.4 Å². The first-order chi connectivity index (χ1) is 8.92. The molecule has 1 N–H and O–H groups in total. The smallest absolute Gasteiger partial charge is 0.339 e. The van der Waals surface area contributed by atoms with Crippen LogP contribution in [0.25, 0.3) is 6.08 Å². The fourth-order valence-corrected chi connectivity index (χ4v) is 1.95. The Morgan fingerprint density at radius 1 is 1.63 bits per heavy atom. The van der Waals surface area contributed by atoms with Crippen molar-refractivity contribution < 1.29 is 14.3 Å². The lowest BCUT2D eigenvalue weighted by atomic mass is 9.89. The number of allylic oxidation sites excluding steroid dienone is 2. The number of hydrogen-bond acceptors (Lipinski definition) is 3. The van der Waals surface area contributed by atoms with E-state index < -0.39 is 0 Å². The van der Waals surface area contributed by atoms with Crippen molar-refractivity contribution in [1.82, 2.24) is 4.98 Å². The second kappa shape index (κ2) is 4.96. The van der Waals surface area contributed by atoms with E-state index in [1.54, 1.807) is 19.2 Å². The van der Waals surface area contributed by atoms with E-state index in [0.717, 1.165) is 23.6 Å². The predicted molar refractivity (Wildman–Crippen MR) is 73.3 cm³/mol. The Bertz CT molecular complexity index is 537. The van der Waals surface area contributed by atoms with Gasteiger partial charge in [0.1, 0.15) is 11.5 Å². The lowest BCUT2D eigenvalue weighted by Crippen LogP contribution is -2.05. The summed E-state index contributed by atoms with van der Waals surface area (Å²) in [5.41, 5.74) is 1.30. The summed E-state index contributed by atoms with van der Waals surface area (Å²) in [7, 11) is 0.